The fraction of sp³-hybridized carbons (Fsp3) is 0.200. The summed E-state index contributed by atoms with van der Waals surface area (Å²) in [6.45, 7) is 0.145. The molecule has 0 unspecified atom stereocenters. The lowest BCUT2D eigenvalue weighted by molar-refractivity contribution is 0.0989. The highest BCUT2D eigenvalue weighted by Gasteiger charge is 2.16. The van der Waals surface area contributed by atoms with Gasteiger partial charge in [0.1, 0.15) is 22.3 Å². The van der Waals surface area contributed by atoms with E-state index in [9.17, 15) is 9.18 Å². The molecule has 0 spiro atoms. The Morgan fingerprint density at radius 3 is 3.06 bits per heavy atom. The molecule has 2 heterocycles. The summed E-state index contributed by atoms with van der Waals surface area (Å²) in [5.74, 6) is -0.656. The molecule has 16 heavy (non-hydrogen) atoms. The number of ketones is 1. The first-order valence-electron chi connectivity index (χ1n) is 4.64. The number of carbonyl (C=O) groups is 1. The quantitative estimate of drug-likeness (QED) is 0.829. The monoisotopic (exact) mass is 241 g/mol. The fourth-order valence-electron chi connectivity index (χ4n) is 1.41. The molecule has 0 saturated carbocycles. The second-order valence-electron chi connectivity index (χ2n) is 3.28. The zero-order chi connectivity index (χ0) is 11.7. The summed E-state index contributed by atoms with van der Waals surface area (Å²) >= 11 is 5.94. The normalized spacial score (nSPS) is 10.9. The van der Waals surface area contributed by atoms with E-state index in [-0.39, 0.29) is 23.2 Å². The SMILES string of the molecule is CNCC(=O)c1nc2ccc(F)cn2c1Cl. The second kappa shape index (κ2) is 4.19. The van der Waals surface area contributed by atoms with Crippen LogP contribution in [0.2, 0.25) is 5.15 Å². The third-order valence-corrected chi connectivity index (χ3v) is 2.49. The summed E-state index contributed by atoms with van der Waals surface area (Å²) in [6, 6.07) is 2.74. The lowest BCUT2D eigenvalue weighted by Crippen LogP contribution is -2.19. The molecule has 6 heteroatoms. The van der Waals surface area contributed by atoms with Crippen molar-refractivity contribution in [2.24, 2.45) is 0 Å². The molecule has 4 nitrogen and oxygen atoms in total. The number of nitrogens with one attached hydrogen (secondary N) is 1. The Bertz CT molecular complexity index is 552. The van der Waals surface area contributed by atoms with Gasteiger partial charge in [0.15, 0.2) is 5.78 Å². The van der Waals surface area contributed by atoms with Gasteiger partial charge in [-0.05, 0) is 19.2 Å². The standard InChI is InChI=1S/C10H9ClFN3O/c1-13-4-7(16)9-10(11)15-5-6(12)2-3-8(15)14-9/h2-3,5,13H,4H2,1H3. The molecule has 0 bridgehead atoms. The van der Waals surface area contributed by atoms with Gasteiger partial charge in [-0.25, -0.2) is 9.37 Å². The summed E-state index contributed by atoms with van der Waals surface area (Å²) < 4.78 is 14.3. The maximum Gasteiger partial charge on any atom is 0.198 e. The van der Waals surface area contributed by atoms with Crippen molar-refractivity contribution in [2.75, 3.05) is 13.6 Å². The number of nitrogens with zero attached hydrogens (tertiary/aromatic N) is 2. The first kappa shape index (κ1) is 11.0. The van der Waals surface area contributed by atoms with E-state index in [1.807, 2.05) is 0 Å². The Labute approximate surface area is 96.0 Å². The molecule has 0 fully saturated rings. The molecular formula is C10H9ClFN3O. The van der Waals surface area contributed by atoms with E-state index in [0.29, 0.717) is 5.65 Å². The first-order chi connectivity index (χ1) is 7.63. The number of carbonyl (C=O) groups excluding carboxylic acids is 1. The van der Waals surface area contributed by atoms with Gasteiger partial charge in [-0.3, -0.25) is 9.20 Å². The van der Waals surface area contributed by atoms with Gasteiger partial charge in [0.05, 0.1) is 6.54 Å². The minimum absolute atomic E-state index is 0.134. The van der Waals surface area contributed by atoms with Crippen molar-refractivity contribution in [3.8, 4) is 0 Å². The molecule has 0 aliphatic rings. The van der Waals surface area contributed by atoms with E-state index >= 15 is 0 Å². The number of halogens is 2. The Morgan fingerprint density at radius 1 is 1.62 bits per heavy atom. The highest BCUT2D eigenvalue weighted by Crippen LogP contribution is 2.19. The van der Waals surface area contributed by atoms with Crippen LogP contribution in [0.4, 0.5) is 4.39 Å². The summed E-state index contributed by atoms with van der Waals surface area (Å²) in [5.41, 5.74) is 0.604. The van der Waals surface area contributed by atoms with Gasteiger partial charge < -0.3 is 5.32 Å². The Morgan fingerprint density at radius 2 is 2.38 bits per heavy atom. The minimum Gasteiger partial charge on any atom is -0.313 e. The molecule has 84 valence electrons. The van der Waals surface area contributed by atoms with Gasteiger partial charge >= 0.3 is 0 Å². The van der Waals surface area contributed by atoms with Gasteiger partial charge in [0.25, 0.3) is 0 Å². The number of hydrogen-bond acceptors (Lipinski definition) is 3. The predicted molar refractivity (Wildman–Crippen MR) is 58.4 cm³/mol. The van der Waals surface area contributed by atoms with Crippen LogP contribution in [0.15, 0.2) is 18.3 Å². The Kier molecular flexibility index (Phi) is 2.89. The maximum atomic E-state index is 13.0. The lowest BCUT2D eigenvalue weighted by Gasteiger charge is -1.96. The molecule has 1 N–H and O–H groups in total. The zero-order valence-corrected chi connectivity index (χ0v) is 9.25. The van der Waals surface area contributed by atoms with E-state index in [4.69, 9.17) is 11.6 Å². The van der Waals surface area contributed by atoms with Crippen molar-refractivity contribution >= 4 is 23.0 Å². The predicted octanol–water partition coefficient (Wildman–Crippen LogP) is 1.53. The van der Waals surface area contributed by atoms with Crippen molar-refractivity contribution in [3.05, 3.63) is 35.0 Å². The average molecular weight is 242 g/mol. The number of fused-ring (bicyclic) bond motifs is 1. The zero-order valence-electron chi connectivity index (χ0n) is 8.50. The summed E-state index contributed by atoms with van der Waals surface area (Å²) in [6.07, 6.45) is 1.20. The lowest BCUT2D eigenvalue weighted by atomic mass is 10.3. The van der Waals surface area contributed by atoms with E-state index in [1.165, 1.54) is 22.7 Å². The third kappa shape index (κ3) is 1.79. The van der Waals surface area contributed by atoms with Crippen LogP contribution in [-0.4, -0.2) is 28.8 Å². The molecule has 0 aliphatic carbocycles. The van der Waals surface area contributed by atoms with Crippen molar-refractivity contribution in [1.29, 1.82) is 0 Å². The fourth-order valence-corrected chi connectivity index (χ4v) is 1.69. The second-order valence-corrected chi connectivity index (χ2v) is 3.64. The molecule has 0 atom stereocenters. The largest absolute Gasteiger partial charge is 0.313 e. The molecular weight excluding hydrogens is 233 g/mol. The molecule has 2 rings (SSSR count). The number of rotatable bonds is 3. The number of likely N-dealkylation sites (N-methyl/N-ethyl adjacent to an activating group) is 1. The highest BCUT2D eigenvalue weighted by molar-refractivity contribution is 6.33. The van der Waals surface area contributed by atoms with Crippen LogP contribution >= 0.6 is 11.6 Å². The highest BCUT2D eigenvalue weighted by atomic mass is 35.5. The van der Waals surface area contributed by atoms with Gasteiger partial charge in [-0.15, -0.1) is 0 Å². The van der Waals surface area contributed by atoms with Gasteiger partial charge in [0, 0.05) is 6.20 Å². The van der Waals surface area contributed by atoms with Crippen molar-refractivity contribution in [1.82, 2.24) is 14.7 Å². The Balaban J connectivity index is 2.56. The molecule has 0 aliphatic heterocycles. The van der Waals surface area contributed by atoms with Gasteiger partial charge in [0.2, 0.25) is 0 Å². The topological polar surface area (TPSA) is 46.4 Å². The van der Waals surface area contributed by atoms with E-state index in [0.717, 1.165) is 0 Å². The van der Waals surface area contributed by atoms with Crippen LogP contribution in [0.3, 0.4) is 0 Å². The smallest absolute Gasteiger partial charge is 0.198 e. The van der Waals surface area contributed by atoms with Crippen LogP contribution in [0.5, 0.6) is 0 Å². The van der Waals surface area contributed by atoms with Gasteiger partial charge in [-0.1, -0.05) is 11.6 Å². The van der Waals surface area contributed by atoms with E-state index in [1.54, 1.807) is 7.05 Å². The van der Waals surface area contributed by atoms with Crippen LogP contribution in [0.25, 0.3) is 5.65 Å². The van der Waals surface area contributed by atoms with Crippen LogP contribution in [0, 0.1) is 5.82 Å². The van der Waals surface area contributed by atoms with Gasteiger partial charge in [-0.2, -0.15) is 0 Å². The molecule has 2 aromatic rings. The number of aromatic nitrogens is 2. The van der Waals surface area contributed by atoms with Crippen LogP contribution in [-0.2, 0) is 0 Å². The Hall–Kier alpha value is -1.46. The van der Waals surface area contributed by atoms with E-state index in [2.05, 4.69) is 10.3 Å². The number of Topliss-reactive ketones (excluding diaryl/α,β-unsaturated/α-hetero) is 1. The summed E-state index contributed by atoms with van der Waals surface area (Å²) in [4.78, 5) is 15.7. The van der Waals surface area contributed by atoms with Crippen molar-refractivity contribution in [3.63, 3.8) is 0 Å². The third-order valence-electron chi connectivity index (χ3n) is 2.13. The molecule has 0 amide bonds. The summed E-state index contributed by atoms with van der Waals surface area (Å²) in [5, 5.41) is 2.85. The van der Waals surface area contributed by atoms with Crippen LogP contribution in [0.1, 0.15) is 10.5 Å². The van der Waals surface area contributed by atoms with E-state index < -0.39 is 5.82 Å². The number of imidazole rings is 1. The molecule has 0 aromatic carbocycles. The number of hydrogen-bond donors (Lipinski definition) is 1. The van der Waals surface area contributed by atoms with Crippen molar-refractivity contribution in [2.45, 2.75) is 0 Å². The van der Waals surface area contributed by atoms with Crippen molar-refractivity contribution < 1.29 is 9.18 Å². The summed E-state index contributed by atoms with van der Waals surface area (Å²) in [7, 11) is 1.65. The van der Waals surface area contributed by atoms with Crippen LogP contribution < -0.4 is 5.32 Å². The average Bonchev–Trinajstić information content (AvgIpc) is 2.57. The number of pyridine rings is 1. The molecule has 2 aromatic heterocycles. The maximum absolute atomic E-state index is 13.0. The molecule has 0 radical (unpaired) electrons. The minimum atomic E-state index is -0.431. The first-order valence-corrected chi connectivity index (χ1v) is 5.02. The molecule has 0 saturated heterocycles.